The number of esters is 1. The van der Waals surface area contributed by atoms with Crippen LogP contribution in [0.1, 0.15) is 34.6 Å². The summed E-state index contributed by atoms with van der Waals surface area (Å²) in [4.78, 5) is 24.0. The average Bonchev–Trinajstić information content (AvgIpc) is 2.66. The third-order valence-electron chi connectivity index (χ3n) is 3.91. The molecule has 144 valence electrons. The fraction of sp³-hybridized carbons (Fsp3) is 0.263. The summed E-state index contributed by atoms with van der Waals surface area (Å²) in [6, 6.07) is 10.4. The number of carbonyl (C=O) groups excluding carboxylic acids is 2. The van der Waals surface area contributed by atoms with Gasteiger partial charge in [-0.3, -0.25) is 4.79 Å². The number of halogens is 1. The average molecular weight is 393 g/mol. The maximum Gasteiger partial charge on any atom is 0.338 e. The van der Waals surface area contributed by atoms with Gasteiger partial charge in [-0.05, 0) is 36.4 Å². The van der Waals surface area contributed by atoms with E-state index >= 15 is 0 Å². The first-order chi connectivity index (χ1) is 12.8. The van der Waals surface area contributed by atoms with Crippen molar-refractivity contribution in [3.63, 3.8) is 0 Å². The van der Waals surface area contributed by atoms with Gasteiger partial charge in [0.1, 0.15) is 5.82 Å². The molecule has 27 heavy (non-hydrogen) atoms. The number of nitrogens with zero attached hydrogens (tertiary/aromatic N) is 1. The zero-order chi connectivity index (χ0) is 20.0. The van der Waals surface area contributed by atoms with Crippen LogP contribution in [-0.4, -0.2) is 44.2 Å². The second-order valence-corrected chi connectivity index (χ2v) is 7.56. The van der Waals surface area contributed by atoms with Crippen LogP contribution in [0.2, 0.25) is 0 Å². The van der Waals surface area contributed by atoms with E-state index in [1.165, 1.54) is 46.8 Å². The Morgan fingerprint density at radius 1 is 1.00 bits per heavy atom. The van der Waals surface area contributed by atoms with Gasteiger partial charge in [-0.25, -0.2) is 17.6 Å². The van der Waals surface area contributed by atoms with Crippen LogP contribution in [-0.2, 0) is 14.8 Å². The first kappa shape index (κ1) is 20.7. The lowest BCUT2D eigenvalue weighted by Crippen LogP contribution is -2.30. The summed E-state index contributed by atoms with van der Waals surface area (Å²) in [5, 5.41) is 0. The third kappa shape index (κ3) is 4.99. The molecule has 2 rings (SSSR count). The summed E-state index contributed by atoms with van der Waals surface area (Å²) >= 11 is 0. The monoisotopic (exact) mass is 393 g/mol. The van der Waals surface area contributed by atoms with Crippen molar-refractivity contribution in [2.45, 2.75) is 18.7 Å². The highest BCUT2D eigenvalue weighted by Crippen LogP contribution is 2.16. The number of Topliss-reactive ketones (excluding diaryl/α,β-unsaturated/α-hetero) is 1. The Balaban J connectivity index is 2.04. The molecule has 0 radical (unpaired) electrons. The number of benzene rings is 2. The standard InChI is InChI=1S/C19H20FNO5S/c1-3-21(4-2)27(24,25)17-10-8-14(9-11-17)19(23)26-13-18(22)15-6-5-7-16(20)12-15/h5-12H,3-4,13H2,1-2H3. The largest absolute Gasteiger partial charge is 0.454 e. The van der Waals surface area contributed by atoms with E-state index in [1.54, 1.807) is 13.8 Å². The number of rotatable bonds is 8. The topological polar surface area (TPSA) is 80.8 Å². The lowest BCUT2D eigenvalue weighted by molar-refractivity contribution is 0.0474. The fourth-order valence-electron chi connectivity index (χ4n) is 2.44. The molecule has 0 saturated heterocycles. The van der Waals surface area contributed by atoms with Crippen molar-refractivity contribution in [2.75, 3.05) is 19.7 Å². The zero-order valence-corrected chi connectivity index (χ0v) is 15.8. The molecule has 0 aliphatic rings. The van der Waals surface area contributed by atoms with Crippen molar-refractivity contribution in [3.8, 4) is 0 Å². The van der Waals surface area contributed by atoms with Crippen molar-refractivity contribution in [2.24, 2.45) is 0 Å². The quantitative estimate of drug-likeness (QED) is 0.509. The molecule has 0 amide bonds. The van der Waals surface area contributed by atoms with E-state index in [0.29, 0.717) is 13.1 Å². The minimum atomic E-state index is -3.62. The van der Waals surface area contributed by atoms with Crippen LogP contribution >= 0.6 is 0 Å². The van der Waals surface area contributed by atoms with Crippen LogP contribution in [0.25, 0.3) is 0 Å². The molecule has 2 aromatic rings. The zero-order valence-electron chi connectivity index (χ0n) is 15.0. The molecule has 2 aromatic carbocycles. The Hall–Kier alpha value is -2.58. The molecule has 0 aliphatic heterocycles. The number of sulfonamides is 1. The third-order valence-corrected chi connectivity index (χ3v) is 5.98. The van der Waals surface area contributed by atoms with Gasteiger partial charge in [0.05, 0.1) is 10.5 Å². The molecular formula is C19H20FNO5S. The summed E-state index contributed by atoms with van der Waals surface area (Å²) in [7, 11) is -3.62. The lowest BCUT2D eigenvalue weighted by Gasteiger charge is -2.18. The molecule has 0 fully saturated rings. The number of hydrogen-bond acceptors (Lipinski definition) is 5. The van der Waals surface area contributed by atoms with Crippen molar-refractivity contribution in [1.82, 2.24) is 4.31 Å². The van der Waals surface area contributed by atoms with Gasteiger partial charge >= 0.3 is 5.97 Å². The summed E-state index contributed by atoms with van der Waals surface area (Å²) in [6.07, 6.45) is 0. The normalized spacial score (nSPS) is 11.4. The van der Waals surface area contributed by atoms with Crippen molar-refractivity contribution >= 4 is 21.8 Å². The van der Waals surface area contributed by atoms with Gasteiger partial charge < -0.3 is 4.74 Å². The van der Waals surface area contributed by atoms with Crippen LogP contribution in [0, 0.1) is 5.82 Å². The Morgan fingerprint density at radius 2 is 1.63 bits per heavy atom. The predicted octanol–water partition coefficient (Wildman–Crippen LogP) is 2.90. The molecular weight excluding hydrogens is 373 g/mol. The fourth-order valence-corrected chi connectivity index (χ4v) is 3.89. The van der Waals surface area contributed by atoms with Crippen LogP contribution in [0.5, 0.6) is 0 Å². The molecule has 0 unspecified atom stereocenters. The Labute approximate surface area is 157 Å². The maximum atomic E-state index is 13.1. The van der Waals surface area contributed by atoms with E-state index < -0.39 is 34.2 Å². The van der Waals surface area contributed by atoms with E-state index in [9.17, 15) is 22.4 Å². The summed E-state index contributed by atoms with van der Waals surface area (Å²) in [6.45, 7) is 3.61. The smallest absolute Gasteiger partial charge is 0.338 e. The van der Waals surface area contributed by atoms with E-state index in [0.717, 1.165) is 6.07 Å². The van der Waals surface area contributed by atoms with Crippen LogP contribution < -0.4 is 0 Å². The maximum absolute atomic E-state index is 13.1. The first-order valence-electron chi connectivity index (χ1n) is 8.35. The van der Waals surface area contributed by atoms with Crippen molar-refractivity contribution in [3.05, 3.63) is 65.5 Å². The molecule has 0 saturated carbocycles. The second kappa shape index (κ2) is 8.88. The lowest BCUT2D eigenvalue weighted by atomic mass is 10.1. The van der Waals surface area contributed by atoms with Gasteiger partial charge in [0, 0.05) is 18.7 Å². The van der Waals surface area contributed by atoms with E-state index in [2.05, 4.69) is 0 Å². The van der Waals surface area contributed by atoms with Crippen molar-refractivity contribution in [1.29, 1.82) is 0 Å². The SMILES string of the molecule is CCN(CC)S(=O)(=O)c1ccc(C(=O)OCC(=O)c2cccc(F)c2)cc1. The van der Waals surface area contributed by atoms with Gasteiger partial charge in [-0.2, -0.15) is 4.31 Å². The number of carbonyl (C=O) groups is 2. The minimum Gasteiger partial charge on any atom is -0.454 e. The van der Waals surface area contributed by atoms with E-state index in [1.807, 2.05) is 0 Å². The van der Waals surface area contributed by atoms with Gasteiger partial charge in [0.2, 0.25) is 10.0 Å². The molecule has 0 aromatic heterocycles. The number of hydrogen-bond donors (Lipinski definition) is 0. The first-order valence-corrected chi connectivity index (χ1v) is 9.79. The summed E-state index contributed by atoms with van der Waals surface area (Å²) in [5.74, 6) is -1.87. The minimum absolute atomic E-state index is 0.0681. The number of ether oxygens (including phenoxy) is 1. The van der Waals surface area contributed by atoms with Gasteiger partial charge in [0.25, 0.3) is 0 Å². The predicted molar refractivity (Wildman–Crippen MR) is 97.6 cm³/mol. The number of ketones is 1. The van der Waals surface area contributed by atoms with Crippen LogP contribution in [0.4, 0.5) is 4.39 Å². The second-order valence-electron chi connectivity index (χ2n) is 5.62. The van der Waals surface area contributed by atoms with Crippen LogP contribution in [0.3, 0.4) is 0 Å². The molecule has 0 N–H and O–H groups in total. The van der Waals surface area contributed by atoms with E-state index in [4.69, 9.17) is 4.74 Å². The summed E-state index contributed by atoms with van der Waals surface area (Å²) in [5.41, 5.74) is 0.212. The van der Waals surface area contributed by atoms with Gasteiger partial charge in [-0.1, -0.05) is 26.0 Å². The van der Waals surface area contributed by atoms with E-state index in [-0.39, 0.29) is 16.0 Å². The Bertz CT molecular complexity index is 921. The molecule has 0 atom stereocenters. The Kier molecular flexibility index (Phi) is 6.81. The van der Waals surface area contributed by atoms with Gasteiger partial charge in [0.15, 0.2) is 12.4 Å². The molecule has 0 bridgehead atoms. The van der Waals surface area contributed by atoms with Crippen molar-refractivity contribution < 1.29 is 27.1 Å². The van der Waals surface area contributed by atoms with Crippen LogP contribution in [0.15, 0.2) is 53.4 Å². The highest BCUT2D eigenvalue weighted by atomic mass is 32.2. The summed E-state index contributed by atoms with van der Waals surface area (Å²) < 4.78 is 44.2. The molecule has 0 heterocycles. The molecule has 6 nitrogen and oxygen atoms in total. The molecule has 0 spiro atoms. The highest BCUT2D eigenvalue weighted by molar-refractivity contribution is 7.89. The molecule has 0 aliphatic carbocycles. The van der Waals surface area contributed by atoms with Gasteiger partial charge in [-0.15, -0.1) is 0 Å². The highest BCUT2D eigenvalue weighted by Gasteiger charge is 2.22. The molecule has 8 heteroatoms. The Morgan fingerprint density at radius 3 is 2.19 bits per heavy atom.